The predicted molar refractivity (Wildman–Crippen MR) is 103 cm³/mol. The molecule has 7 heteroatoms. The van der Waals surface area contributed by atoms with E-state index in [-0.39, 0.29) is 11.9 Å². The van der Waals surface area contributed by atoms with E-state index in [1.165, 1.54) is 12.1 Å². The number of aromatic nitrogens is 2. The lowest BCUT2D eigenvalue weighted by atomic mass is 10.1. The fourth-order valence-corrected chi connectivity index (χ4v) is 2.98. The van der Waals surface area contributed by atoms with E-state index >= 15 is 0 Å². The first-order valence-electron chi connectivity index (χ1n) is 8.78. The van der Waals surface area contributed by atoms with Gasteiger partial charge >= 0.3 is 0 Å². The van der Waals surface area contributed by atoms with Gasteiger partial charge in [0.05, 0.1) is 13.1 Å². The first kappa shape index (κ1) is 18.2. The molecule has 0 bridgehead atoms. The Labute approximate surface area is 162 Å². The van der Waals surface area contributed by atoms with E-state index in [9.17, 15) is 8.78 Å². The van der Waals surface area contributed by atoms with Gasteiger partial charge in [-0.25, -0.2) is 13.8 Å². The number of rotatable bonds is 5. The highest BCUT2D eigenvalue weighted by Crippen LogP contribution is 2.27. The molecule has 1 aliphatic rings. The van der Waals surface area contributed by atoms with Crippen molar-refractivity contribution in [2.24, 2.45) is 0 Å². The molecule has 1 aromatic heterocycles. The molecule has 1 saturated heterocycles. The molecular formula is C21H18F2N4O. The van der Waals surface area contributed by atoms with Gasteiger partial charge in [-0.1, -0.05) is 12.1 Å². The second-order valence-electron chi connectivity index (χ2n) is 6.59. The van der Waals surface area contributed by atoms with Crippen LogP contribution >= 0.6 is 0 Å². The van der Waals surface area contributed by atoms with Crippen molar-refractivity contribution in [2.75, 3.05) is 29.9 Å². The molecule has 0 unspecified atom stereocenters. The van der Waals surface area contributed by atoms with Gasteiger partial charge in [0, 0.05) is 25.0 Å². The monoisotopic (exact) mass is 380 g/mol. The predicted octanol–water partition coefficient (Wildman–Crippen LogP) is 3.85. The molecule has 0 spiro atoms. The van der Waals surface area contributed by atoms with Crippen molar-refractivity contribution in [2.45, 2.75) is 6.10 Å². The third kappa shape index (κ3) is 3.74. The minimum atomic E-state index is -0.702. The molecule has 142 valence electrons. The number of hydrogen-bond acceptors (Lipinski definition) is 5. The number of hydrogen-bond donors (Lipinski definition) is 0. The fourth-order valence-electron chi connectivity index (χ4n) is 2.98. The van der Waals surface area contributed by atoms with Gasteiger partial charge in [-0.2, -0.15) is 4.98 Å². The van der Waals surface area contributed by atoms with Crippen LogP contribution in [0.15, 0.2) is 54.7 Å². The fraction of sp³-hybridized carbons (Fsp3) is 0.190. The van der Waals surface area contributed by atoms with Crippen molar-refractivity contribution >= 4 is 17.5 Å². The second kappa shape index (κ2) is 7.42. The van der Waals surface area contributed by atoms with Crippen molar-refractivity contribution in [1.82, 2.24) is 9.97 Å². The Bertz CT molecular complexity index is 992. The summed E-state index contributed by atoms with van der Waals surface area (Å²) in [7, 11) is 1.87. The van der Waals surface area contributed by atoms with Crippen LogP contribution in [-0.4, -0.2) is 36.2 Å². The van der Waals surface area contributed by atoms with Crippen molar-refractivity contribution in [3.63, 3.8) is 0 Å². The molecule has 5 nitrogen and oxygen atoms in total. The van der Waals surface area contributed by atoms with E-state index in [4.69, 9.17) is 11.7 Å². The molecule has 0 N–H and O–H groups in total. The molecule has 0 aliphatic carbocycles. The summed E-state index contributed by atoms with van der Waals surface area (Å²) in [5.41, 5.74) is 1.55. The Hall–Kier alpha value is -3.22. The molecule has 2 radical (unpaired) electrons. The van der Waals surface area contributed by atoms with Gasteiger partial charge in [0.15, 0.2) is 11.6 Å². The third-order valence-corrected chi connectivity index (χ3v) is 4.55. The average Bonchev–Trinajstić information content (AvgIpc) is 2.65. The van der Waals surface area contributed by atoms with Crippen LogP contribution in [0.3, 0.4) is 0 Å². The first-order chi connectivity index (χ1) is 13.5. The van der Waals surface area contributed by atoms with Crippen LogP contribution in [0.5, 0.6) is 5.75 Å². The summed E-state index contributed by atoms with van der Waals surface area (Å²) in [5, 5.41) is 0. The summed E-state index contributed by atoms with van der Waals surface area (Å²) in [6.45, 7) is 6.95. The summed E-state index contributed by atoms with van der Waals surface area (Å²) in [5.74, 6) is 0.0116. The van der Waals surface area contributed by atoms with Gasteiger partial charge in [-0.15, -0.1) is 0 Å². The Morgan fingerprint density at radius 1 is 1.14 bits per heavy atom. The topological polar surface area (TPSA) is 41.5 Å². The van der Waals surface area contributed by atoms with Crippen LogP contribution in [0.1, 0.15) is 5.56 Å². The maximum atomic E-state index is 13.7. The zero-order chi connectivity index (χ0) is 19.7. The van der Waals surface area contributed by atoms with Crippen molar-refractivity contribution in [1.29, 1.82) is 0 Å². The largest absolute Gasteiger partial charge is 0.484 e. The smallest absolute Gasteiger partial charge is 0.231 e. The molecule has 0 atom stereocenters. The van der Waals surface area contributed by atoms with Crippen LogP contribution in [-0.2, 0) is 0 Å². The number of nitrogens with zero attached hydrogens (tertiary/aromatic N) is 4. The van der Waals surface area contributed by atoms with Crippen molar-refractivity contribution in [3.8, 4) is 5.75 Å². The Kier molecular flexibility index (Phi) is 4.81. The lowest BCUT2D eigenvalue weighted by molar-refractivity contribution is 0.159. The van der Waals surface area contributed by atoms with E-state index in [0.717, 1.165) is 17.6 Å². The van der Waals surface area contributed by atoms with E-state index in [1.807, 2.05) is 47.2 Å². The molecule has 2 aromatic carbocycles. The van der Waals surface area contributed by atoms with Crippen molar-refractivity contribution in [3.05, 3.63) is 78.8 Å². The zero-order valence-corrected chi connectivity index (χ0v) is 15.2. The molecule has 3 aromatic rings. The van der Waals surface area contributed by atoms with Gasteiger partial charge in [-0.3, -0.25) is 0 Å². The lowest BCUT2D eigenvalue weighted by Crippen LogP contribution is -2.54. The van der Waals surface area contributed by atoms with E-state index < -0.39 is 11.6 Å². The van der Waals surface area contributed by atoms with E-state index in [0.29, 0.717) is 24.6 Å². The Morgan fingerprint density at radius 3 is 2.71 bits per heavy atom. The SMILES string of the molecule is [CH]c1cccc(N(C)c2nccc(N3CC(Oc4ccc(F)cc4F)C3)n2)c1. The molecule has 1 fully saturated rings. The summed E-state index contributed by atoms with van der Waals surface area (Å²) in [4.78, 5) is 12.8. The zero-order valence-electron chi connectivity index (χ0n) is 15.2. The summed E-state index contributed by atoms with van der Waals surface area (Å²) in [6.07, 6.45) is 1.50. The maximum absolute atomic E-state index is 13.7. The molecule has 4 rings (SSSR count). The highest BCUT2D eigenvalue weighted by Gasteiger charge is 2.30. The molecule has 28 heavy (non-hydrogen) atoms. The molecule has 1 aliphatic heterocycles. The van der Waals surface area contributed by atoms with Gasteiger partial charge in [-0.05, 0) is 42.8 Å². The maximum Gasteiger partial charge on any atom is 0.231 e. The quantitative estimate of drug-likeness (QED) is 0.673. The van der Waals surface area contributed by atoms with Crippen LogP contribution in [0.2, 0.25) is 0 Å². The number of ether oxygens (including phenoxy) is 1. The summed E-state index contributed by atoms with van der Waals surface area (Å²) >= 11 is 0. The molecule has 2 heterocycles. The third-order valence-electron chi connectivity index (χ3n) is 4.55. The Balaban J connectivity index is 1.42. The van der Waals surface area contributed by atoms with Gasteiger partial charge in [0.2, 0.25) is 5.95 Å². The van der Waals surface area contributed by atoms with Gasteiger partial charge < -0.3 is 14.5 Å². The normalized spacial score (nSPS) is 13.9. The summed E-state index contributed by atoms with van der Waals surface area (Å²) in [6, 6.07) is 12.6. The minimum absolute atomic E-state index is 0.0517. The highest BCUT2D eigenvalue weighted by atomic mass is 19.1. The van der Waals surface area contributed by atoms with Gasteiger partial charge in [0.25, 0.3) is 0 Å². The van der Waals surface area contributed by atoms with E-state index in [1.54, 1.807) is 6.20 Å². The van der Waals surface area contributed by atoms with Crippen molar-refractivity contribution < 1.29 is 13.5 Å². The van der Waals surface area contributed by atoms with Crippen LogP contribution in [0, 0.1) is 18.6 Å². The summed E-state index contributed by atoms with van der Waals surface area (Å²) < 4.78 is 32.3. The lowest BCUT2D eigenvalue weighted by Gasteiger charge is -2.40. The second-order valence-corrected chi connectivity index (χ2v) is 6.59. The number of halogens is 2. The highest BCUT2D eigenvalue weighted by molar-refractivity contribution is 5.59. The minimum Gasteiger partial charge on any atom is -0.484 e. The number of benzene rings is 2. The molecular weight excluding hydrogens is 362 g/mol. The van der Waals surface area contributed by atoms with E-state index in [2.05, 4.69) is 9.97 Å². The molecule has 0 saturated carbocycles. The number of anilines is 3. The Morgan fingerprint density at radius 2 is 1.96 bits per heavy atom. The first-order valence-corrected chi connectivity index (χ1v) is 8.78. The average molecular weight is 380 g/mol. The standard InChI is InChI=1S/C21H18F2N4O/c1-14-4-3-5-16(10-14)26(2)21-24-9-8-20(25-21)27-12-17(13-27)28-19-7-6-15(22)11-18(19)23/h1,3-11,17H,12-13H2,2H3. The molecule has 0 amide bonds. The van der Waals surface area contributed by atoms with Gasteiger partial charge in [0.1, 0.15) is 17.7 Å². The van der Waals surface area contributed by atoms with Crippen LogP contribution in [0.25, 0.3) is 0 Å². The van der Waals surface area contributed by atoms with Crippen LogP contribution in [0.4, 0.5) is 26.2 Å². The van der Waals surface area contributed by atoms with Crippen LogP contribution < -0.4 is 14.5 Å².